The lowest BCUT2D eigenvalue weighted by Crippen LogP contribution is -2.15. The summed E-state index contributed by atoms with van der Waals surface area (Å²) in [5.41, 5.74) is 0.285. The maximum Gasteiger partial charge on any atom is 0.335 e. The molecule has 2 rings (SSSR count). The summed E-state index contributed by atoms with van der Waals surface area (Å²) in [5.74, 6) is -1.20. The molecule has 2 N–H and O–H groups in total. The molecule has 1 aromatic heterocycles. The molecule has 0 saturated carbocycles. The van der Waals surface area contributed by atoms with Crippen LogP contribution in [0.1, 0.15) is 21.5 Å². The molecule has 0 spiro atoms. The standard InChI is InChI=1S/C13H10N2O4S2/c1-8-10(13(16)17)3-2-4-11(8)21(18,19)15-12-9(7-14)5-6-20-12/h2-6,15H,1H3,(H,16,17). The van der Waals surface area contributed by atoms with Gasteiger partial charge in [0.2, 0.25) is 0 Å². The Hall–Kier alpha value is -2.37. The second-order valence-electron chi connectivity index (χ2n) is 4.11. The average Bonchev–Trinajstić information content (AvgIpc) is 2.84. The number of hydrogen-bond donors (Lipinski definition) is 2. The van der Waals surface area contributed by atoms with Crippen LogP contribution in [0.15, 0.2) is 34.5 Å². The molecule has 0 aliphatic carbocycles. The highest BCUT2D eigenvalue weighted by Crippen LogP contribution is 2.27. The molecule has 21 heavy (non-hydrogen) atoms. The summed E-state index contributed by atoms with van der Waals surface area (Å²) in [5, 5.41) is 19.7. The number of sulfonamides is 1. The molecule has 2 aromatic rings. The van der Waals surface area contributed by atoms with Crippen LogP contribution in [-0.2, 0) is 10.0 Å². The third-order valence-electron chi connectivity index (χ3n) is 2.82. The molecule has 0 fully saturated rings. The maximum atomic E-state index is 12.4. The number of nitrogens with zero attached hydrogens (tertiary/aromatic N) is 1. The Balaban J connectivity index is 2.49. The number of thiophene rings is 1. The Morgan fingerprint density at radius 3 is 2.71 bits per heavy atom. The van der Waals surface area contributed by atoms with Crippen molar-refractivity contribution in [2.24, 2.45) is 0 Å². The molecular weight excluding hydrogens is 312 g/mol. The number of rotatable bonds is 4. The topological polar surface area (TPSA) is 107 Å². The molecule has 1 heterocycles. The van der Waals surface area contributed by atoms with Crippen molar-refractivity contribution in [3.8, 4) is 6.07 Å². The highest BCUT2D eigenvalue weighted by molar-refractivity contribution is 7.93. The summed E-state index contributed by atoms with van der Waals surface area (Å²) in [6, 6.07) is 7.41. The van der Waals surface area contributed by atoms with Crippen LogP contribution in [0.5, 0.6) is 0 Å². The summed E-state index contributed by atoms with van der Waals surface area (Å²) in [6.45, 7) is 1.43. The quantitative estimate of drug-likeness (QED) is 0.899. The number of hydrogen-bond acceptors (Lipinski definition) is 5. The van der Waals surface area contributed by atoms with Crippen molar-refractivity contribution in [3.63, 3.8) is 0 Å². The van der Waals surface area contributed by atoms with Crippen molar-refractivity contribution < 1.29 is 18.3 Å². The number of aromatic carboxylic acids is 1. The zero-order valence-electron chi connectivity index (χ0n) is 10.8. The van der Waals surface area contributed by atoms with Crippen LogP contribution in [0, 0.1) is 18.3 Å². The molecule has 108 valence electrons. The minimum Gasteiger partial charge on any atom is -0.478 e. The van der Waals surface area contributed by atoms with Crippen molar-refractivity contribution >= 4 is 32.3 Å². The van der Waals surface area contributed by atoms with Gasteiger partial charge in [0.1, 0.15) is 11.1 Å². The van der Waals surface area contributed by atoms with E-state index in [0.29, 0.717) is 0 Å². The predicted octanol–water partition coefficient (Wildman–Crippen LogP) is 2.43. The number of carboxylic acids is 1. The minimum absolute atomic E-state index is 0.0791. The Bertz CT molecular complexity index is 847. The molecule has 8 heteroatoms. The first-order valence-electron chi connectivity index (χ1n) is 5.70. The van der Waals surface area contributed by atoms with Crippen molar-refractivity contribution in [2.75, 3.05) is 4.72 Å². The Morgan fingerprint density at radius 2 is 2.10 bits per heavy atom. The van der Waals surface area contributed by atoms with E-state index >= 15 is 0 Å². The number of nitriles is 1. The van der Waals surface area contributed by atoms with E-state index in [9.17, 15) is 13.2 Å². The van der Waals surface area contributed by atoms with Gasteiger partial charge in [-0.1, -0.05) is 6.07 Å². The second kappa shape index (κ2) is 5.55. The van der Waals surface area contributed by atoms with Gasteiger partial charge in [-0.2, -0.15) is 5.26 Å². The van der Waals surface area contributed by atoms with Gasteiger partial charge in [0, 0.05) is 0 Å². The number of carboxylic acid groups (broad SMARTS) is 1. The van der Waals surface area contributed by atoms with Crippen LogP contribution >= 0.6 is 11.3 Å². The SMILES string of the molecule is Cc1c(C(=O)O)cccc1S(=O)(=O)Nc1sccc1C#N. The molecule has 0 atom stereocenters. The van der Waals surface area contributed by atoms with Crippen LogP contribution < -0.4 is 4.72 Å². The molecule has 0 unspecified atom stereocenters. The molecule has 0 saturated heterocycles. The molecule has 0 aliphatic heterocycles. The fraction of sp³-hybridized carbons (Fsp3) is 0.0769. The number of carbonyl (C=O) groups is 1. The second-order valence-corrected chi connectivity index (χ2v) is 6.68. The normalized spacial score (nSPS) is 10.9. The Morgan fingerprint density at radius 1 is 1.38 bits per heavy atom. The average molecular weight is 322 g/mol. The van der Waals surface area contributed by atoms with Crippen molar-refractivity contribution in [3.05, 3.63) is 46.3 Å². The smallest absolute Gasteiger partial charge is 0.335 e. The predicted molar refractivity (Wildman–Crippen MR) is 78.0 cm³/mol. The summed E-state index contributed by atoms with van der Waals surface area (Å²) in [7, 11) is -3.96. The van der Waals surface area contributed by atoms with Gasteiger partial charge in [-0.3, -0.25) is 4.72 Å². The number of anilines is 1. The van der Waals surface area contributed by atoms with Gasteiger partial charge in [-0.05, 0) is 36.1 Å². The van der Waals surface area contributed by atoms with Crippen LogP contribution in [0.4, 0.5) is 5.00 Å². The number of benzene rings is 1. The molecule has 0 radical (unpaired) electrons. The van der Waals surface area contributed by atoms with Gasteiger partial charge in [0.15, 0.2) is 0 Å². The summed E-state index contributed by atoms with van der Waals surface area (Å²) in [6.07, 6.45) is 0. The number of nitrogens with one attached hydrogen (secondary N) is 1. The fourth-order valence-electron chi connectivity index (χ4n) is 1.79. The van der Waals surface area contributed by atoms with Crippen LogP contribution in [-0.4, -0.2) is 19.5 Å². The maximum absolute atomic E-state index is 12.4. The van der Waals surface area contributed by atoms with E-state index in [1.807, 2.05) is 6.07 Å². The molecule has 6 nitrogen and oxygen atoms in total. The van der Waals surface area contributed by atoms with Gasteiger partial charge in [0.05, 0.1) is 16.0 Å². The highest BCUT2D eigenvalue weighted by Gasteiger charge is 2.22. The van der Waals surface area contributed by atoms with Crippen molar-refractivity contribution in [1.82, 2.24) is 0 Å². The molecule has 0 aliphatic rings. The van der Waals surface area contributed by atoms with E-state index in [-0.39, 0.29) is 26.6 Å². The van der Waals surface area contributed by atoms with Crippen molar-refractivity contribution in [2.45, 2.75) is 11.8 Å². The third-order valence-corrected chi connectivity index (χ3v) is 5.27. The lowest BCUT2D eigenvalue weighted by molar-refractivity contribution is 0.0696. The van der Waals surface area contributed by atoms with Crippen molar-refractivity contribution in [1.29, 1.82) is 5.26 Å². The minimum atomic E-state index is -3.96. The zero-order chi connectivity index (χ0) is 15.6. The summed E-state index contributed by atoms with van der Waals surface area (Å²) in [4.78, 5) is 10.9. The van der Waals surface area contributed by atoms with Gasteiger partial charge in [0.25, 0.3) is 10.0 Å². The first-order chi connectivity index (χ1) is 9.86. The first-order valence-corrected chi connectivity index (χ1v) is 8.06. The van der Waals surface area contributed by atoms with E-state index in [0.717, 1.165) is 11.3 Å². The molecule has 0 amide bonds. The first kappa shape index (κ1) is 15.0. The fourth-order valence-corrected chi connectivity index (χ4v) is 4.13. The molecular formula is C13H10N2O4S2. The highest BCUT2D eigenvalue weighted by atomic mass is 32.2. The van der Waals surface area contributed by atoms with E-state index in [1.54, 1.807) is 5.38 Å². The monoisotopic (exact) mass is 322 g/mol. The lowest BCUT2D eigenvalue weighted by atomic mass is 10.1. The van der Waals surface area contributed by atoms with E-state index < -0.39 is 16.0 Å². The Kier molecular flexibility index (Phi) is 3.97. The summed E-state index contributed by atoms with van der Waals surface area (Å²) < 4.78 is 27.0. The third kappa shape index (κ3) is 2.89. The molecule has 0 bridgehead atoms. The van der Waals surface area contributed by atoms with E-state index in [2.05, 4.69) is 4.72 Å². The lowest BCUT2D eigenvalue weighted by Gasteiger charge is -2.11. The molecule has 1 aromatic carbocycles. The van der Waals surface area contributed by atoms with E-state index in [4.69, 9.17) is 10.4 Å². The summed E-state index contributed by atoms with van der Waals surface area (Å²) >= 11 is 1.08. The van der Waals surface area contributed by atoms with Gasteiger partial charge in [-0.15, -0.1) is 11.3 Å². The van der Waals surface area contributed by atoms with Crippen LogP contribution in [0.2, 0.25) is 0 Å². The van der Waals surface area contributed by atoms with Gasteiger partial charge < -0.3 is 5.11 Å². The van der Waals surface area contributed by atoms with Gasteiger partial charge >= 0.3 is 5.97 Å². The van der Waals surface area contributed by atoms with Gasteiger partial charge in [-0.25, -0.2) is 13.2 Å². The van der Waals surface area contributed by atoms with E-state index in [1.165, 1.54) is 31.2 Å². The zero-order valence-corrected chi connectivity index (χ0v) is 12.5. The van der Waals surface area contributed by atoms with Crippen LogP contribution in [0.3, 0.4) is 0 Å². The van der Waals surface area contributed by atoms with Crippen LogP contribution in [0.25, 0.3) is 0 Å². The Labute approximate surface area is 125 Å². The largest absolute Gasteiger partial charge is 0.478 e.